The zero-order valence-corrected chi connectivity index (χ0v) is 14.3. The van der Waals surface area contributed by atoms with Gasteiger partial charge in [-0.25, -0.2) is 0 Å². The van der Waals surface area contributed by atoms with Crippen molar-refractivity contribution in [2.45, 2.75) is 44.6 Å². The van der Waals surface area contributed by atoms with E-state index in [2.05, 4.69) is 10.2 Å². The van der Waals surface area contributed by atoms with Crippen LogP contribution in [0.3, 0.4) is 0 Å². The van der Waals surface area contributed by atoms with Crippen molar-refractivity contribution in [1.29, 1.82) is 0 Å². The molecule has 0 aliphatic carbocycles. The second-order valence-electron chi connectivity index (χ2n) is 6.86. The number of nitrogens with zero attached hydrogens (tertiary/aromatic N) is 5. The van der Waals surface area contributed by atoms with E-state index in [4.69, 9.17) is 0 Å². The van der Waals surface area contributed by atoms with Crippen molar-refractivity contribution in [1.82, 2.24) is 24.4 Å². The first-order valence-corrected chi connectivity index (χ1v) is 9.11. The summed E-state index contributed by atoms with van der Waals surface area (Å²) in [4.78, 5) is 28.7. The molecule has 1 atom stereocenters. The molecule has 0 N–H and O–H groups in total. The van der Waals surface area contributed by atoms with Gasteiger partial charge >= 0.3 is 0 Å². The van der Waals surface area contributed by atoms with Gasteiger partial charge in [-0.15, -0.1) is 10.2 Å². The first-order chi connectivity index (χ1) is 12.2. The molecule has 2 fully saturated rings. The number of hydrogen-bond acceptors (Lipinski definition) is 4. The molecule has 0 bridgehead atoms. The molecule has 0 spiro atoms. The van der Waals surface area contributed by atoms with Crippen molar-refractivity contribution < 1.29 is 9.59 Å². The number of amides is 2. The summed E-state index contributed by atoms with van der Waals surface area (Å²) < 4.78 is 1.95. The molecule has 2 aromatic rings. The summed E-state index contributed by atoms with van der Waals surface area (Å²) in [5.74, 6) is 0.934. The van der Waals surface area contributed by atoms with Crippen LogP contribution in [-0.4, -0.2) is 55.8 Å². The number of likely N-dealkylation sites (tertiary alicyclic amines) is 2. The van der Waals surface area contributed by atoms with Gasteiger partial charge in [0, 0.05) is 25.7 Å². The Hall–Kier alpha value is -2.44. The second-order valence-corrected chi connectivity index (χ2v) is 6.86. The summed E-state index contributed by atoms with van der Waals surface area (Å²) in [5, 5.41) is 8.53. The fourth-order valence-electron chi connectivity index (χ4n) is 3.88. The Morgan fingerprint density at radius 1 is 1.12 bits per heavy atom. The molecule has 0 unspecified atom stereocenters. The fraction of sp³-hybridized carbons (Fsp3) is 0.556. The van der Waals surface area contributed by atoms with Crippen molar-refractivity contribution in [3.63, 3.8) is 0 Å². The highest BCUT2D eigenvalue weighted by atomic mass is 16.2. The lowest BCUT2D eigenvalue weighted by atomic mass is 10.2. The summed E-state index contributed by atoms with van der Waals surface area (Å²) in [6.45, 7) is 1.59. The van der Waals surface area contributed by atoms with Crippen LogP contribution in [0.2, 0.25) is 0 Å². The Morgan fingerprint density at radius 2 is 2.04 bits per heavy atom. The quantitative estimate of drug-likeness (QED) is 0.853. The highest BCUT2D eigenvalue weighted by molar-refractivity contribution is 5.85. The van der Waals surface area contributed by atoms with Crippen LogP contribution in [0.1, 0.15) is 50.4 Å². The molecule has 2 aliphatic heterocycles. The van der Waals surface area contributed by atoms with Crippen LogP contribution in [0.5, 0.6) is 0 Å². The van der Waals surface area contributed by atoms with Crippen LogP contribution in [0.25, 0.3) is 5.65 Å². The first kappa shape index (κ1) is 16.1. The first-order valence-electron chi connectivity index (χ1n) is 9.11. The molecule has 2 aromatic heterocycles. The van der Waals surface area contributed by atoms with Gasteiger partial charge in [-0.05, 0) is 37.8 Å². The average Bonchev–Trinajstić information content (AvgIpc) is 3.21. The van der Waals surface area contributed by atoms with Crippen LogP contribution in [0, 0.1) is 0 Å². The molecular weight excluding hydrogens is 318 g/mol. The van der Waals surface area contributed by atoms with Gasteiger partial charge in [-0.3, -0.25) is 14.0 Å². The SMILES string of the molecule is O=C1CCCCCN1CC(=O)N1CCC[C@@H]1c1nnc2ccccn12. The van der Waals surface area contributed by atoms with Crippen molar-refractivity contribution in [2.24, 2.45) is 0 Å². The van der Waals surface area contributed by atoms with Gasteiger partial charge in [-0.2, -0.15) is 0 Å². The number of hydrogen-bond donors (Lipinski definition) is 0. The Kier molecular flexibility index (Phi) is 4.38. The summed E-state index contributed by atoms with van der Waals surface area (Å²) in [6.07, 6.45) is 7.31. The predicted molar refractivity (Wildman–Crippen MR) is 91.7 cm³/mol. The highest BCUT2D eigenvalue weighted by Crippen LogP contribution is 2.31. The van der Waals surface area contributed by atoms with Gasteiger partial charge in [-0.1, -0.05) is 12.5 Å². The lowest BCUT2D eigenvalue weighted by Crippen LogP contribution is -2.42. The molecular formula is C18H23N5O2. The van der Waals surface area contributed by atoms with Crippen LogP contribution in [0.4, 0.5) is 0 Å². The molecule has 4 heterocycles. The number of rotatable bonds is 3. The monoisotopic (exact) mass is 341 g/mol. The van der Waals surface area contributed by atoms with Crippen molar-refractivity contribution >= 4 is 17.5 Å². The van der Waals surface area contributed by atoms with Gasteiger partial charge in [0.15, 0.2) is 11.5 Å². The predicted octanol–water partition coefficient (Wildman–Crippen LogP) is 1.80. The average molecular weight is 341 g/mol. The molecule has 7 heteroatoms. The van der Waals surface area contributed by atoms with Crippen molar-refractivity contribution in [3.8, 4) is 0 Å². The summed E-state index contributed by atoms with van der Waals surface area (Å²) >= 11 is 0. The van der Waals surface area contributed by atoms with E-state index in [-0.39, 0.29) is 24.4 Å². The summed E-state index contributed by atoms with van der Waals surface area (Å²) in [6, 6.07) is 5.72. The lowest BCUT2D eigenvalue weighted by Gasteiger charge is -2.27. The molecule has 2 saturated heterocycles. The van der Waals surface area contributed by atoms with Gasteiger partial charge in [0.25, 0.3) is 0 Å². The largest absolute Gasteiger partial charge is 0.333 e. The van der Waals surface area contributed by atoms with Gasteiger partial charge in [0.05, 0.1) is 12.6 Å². The minimum atomic E-state index is -0.0630. The number of carbonyl (C=O) groups is 2. The van der Waals surface area contributed by atoms with Crippen molar-refractivity contribution in [2.75, 3.05) is 19.6 Å². The normalized spacial score (nSPS) is 21.8. The zero-order chi connectivity index (χ0) is 17.2. The standard InChI is InChI=1S/C18H23N5O2/c24-16-9-2-1-4-10-21(16)13-17(25)22-12-6-7-14(22)18-20-19-15-8-3-5-11-23(15)18/h3,5,8,11,14H,1-2,4,6-7,9-10,12-13H2/t14-/m1/s1. The van der Waals surface area contributed by atoms with Gasteiger partial charge in [0.1, 0.15) is 0 Å². The second kappa shape index (κ2) is 6.82. The summed E-state index contributed by atoms with van der Waals surface area (Å²) in [5.41, 5.74) is 0.791. The van der Waals surface area contributed by atoms with Gasteiger partial charge < -0.3 is 9.80 Å². The van der Waals surface area contributed by atoms with E-state index in [1.165, 1.54) is 0 Å². The van der Waals surface area contributed by atoms with E-state index in [0.29, 0.717) is 19.5 Å². The third-order valence-corrected chi connectivity index (χ3v) is 5.21. The maximum absolute atomic E-state index is 12.9. The van der Waals surface area contributed by atoms with E-state index in [0.717, 1.165) is 43.6 Å². The Morgan fingerprint density at radius 3 is 2.96 bits per heavy atom. The lowest BCUT2D eigenvalue weighted by molar-refractivity contribution is -0.140. The van der Waals surface area contributed by atoms with E-state index >= 15 is 0 Å². The van der Waals surface area contributed by atoms with E-state index in [1.54, 1.807) is 4.90 Å². The minimum Gasteiger partial charge on any atom is -0.333 e. The minimum absolute atomic E-state index is 0.0189. The molecule has 2 amide bonds. The Balaban J connectivity index is 1.53. The Bertz CT molecular complexity index is 787. The molecule has 0 radical (unpaired) electrons. The maximum atomic E-state index is 12.9. The molecule has 0 aromatic carbocycles. The number of aromatic nitrogens is 3. The molecule has 25 heavy (non-hydrogen) atoms. The highest BCUT2D eigenvalue weighted by Gasteiger charge is 2.34. The van der Waals surface area contributed by atoms with E-state index < -0.39 is 0 Å². The van der Waals surface area contributed by atoms with E-state index in [9.17, 15) is 9.59 Å². The Labute approximate surface area is 146 Å². The van der Waals surface area contributed by atoms with Crippen molar-refractivity contribution in [3.05, 3.63) is 30.2 Å². The van der Waals surface area contributed by atoms with Crippen LogP contribution in [0.15, 0.2) is 24.4 Å². The molecule has 4 rings (SSSR count). The third kappa shape index (κ3) is 3.10. The molecule has 7 nitrogen and oxygen atoms in total. The number of pyridine rings is 1. The topological polar surface area (TPSA) is 70.8 Å². The van der Waals surface area contributed by atoms with Crippen LogP contribution >= 0.6 is 0 Å². The van der Waals surface area contributed by atoms with Crippen LogP contribution in [-0.2, 0) is 9.59 Å². The zero-order valence-electron chi connectivity index (χ0n) is 14.3. The third-order valence-electron chi connectivity index (χ3n) is 5.21. The van der Waals surface area contributed by atoms with Crippen LogP contribution < -0.4 is 0 Å². The number of carbonyl (C=O) groups excluding carboxylic acids is 2. The fourth-order valence-corrected chi connectivity index (χ4v) is 3.88. The maximum Gasteiger partial charge on any atom is 0.242 e. The summed E-state index contributed by atoms with van der Waals surface area (Å²) in [7, 11) is 0. The molecule has 132 valence electrons. The molecule has 2 aliphatic rings. The number of fused-ring (bicyclic) bond motifs is 1. The van der Waals surface area contributed by atoms with E-state index in [1.807, 2.05) is 33.7 Å². The van der Waals surface area contributed by atoms with Gasteiger partial charge in [0.2, 0.25) is 11.8 Å². The smallest absolute Gasteiger partial charge is 0.242 e. The molecule has 0 saturated carbocycles.